The fourth-order valence-electron chi connectivity index (χ4n) is 1.33. The summed E-state index contributed by atoms with van der Waals surface area (Å²) in [6, 6.07) is 3.41. The number of halogens is 2. The lowest BCUT2D eigenvalue weighted by Crippen LogP contribution is -2.14. The summed E-state index contributed by atoms with van der Waals surface area (Å²) in [4.78, 5) is 2.05. The van der Waals surface area contributed by atoms with Crippen LogP contribution in [0.1, 0.15) is 12.2 Å². The van der Waals surface area contributed by atoms with Crippen LogP contribution in [0.15, 0.2) is 17.2 Å². The summed E-state index contributed by atoms with van der Waals surface area (Å²) in [5.74, 6) is 0.428. The third-order valence-electron chi connectivity index (χ3n) is 2.25. The van der Waals surface area contributed by atoms with Crippen LogP contribution in [0.2, 0.25) is 0 Å². The van der Waals surface area contributed by atoms with Crippen molar-refractivity contribution in [3.05, 3.63) is 18.0 Å². The van der Waals surface area contributed by atoms with Crippen molar-refractivity contribution in [1.29, 1.82) is 0 Å². The Hall–Kier alpha value is -1.28. The zero-order valence-corrected chi connectivity index (χ0v) is 10.9. The van der Waals surface area contributed by atoms with Crippen molar-refractivity contribution in [1.82, 2.24) is 24.7 Å². The van der Waals surface area contributed by atoms with Crippen LogP contribution >= 0.6 is 11.8 Å². The molecule has 0 aromatic carbocycles. The van der Waals surface area contributed by atoms with Gasteiger partial charge in [-0.2, -0.15) is 9.61 Å². The standard InChI is InChI=1S/C10H13F2N5S/c1-16(2)5-6-18-8-4-3-7-13-14-10(9(11)12)17(7)15-8/h3-4,9H,5-6H2,1-2H3. The molecule has 0 bridgehead atoms. The molecule has 0 saturated carbocycles. The molecule has 2 heterocycles. The van der Waals surface area contributed by atoms with E-state index in [1.165, 1.54) is 11.8 Å². The summed E-state index contributed by atoms with van der Waals surface area (Å²) in [5, 5.41) is 11.9. The highest BCUT2D eigenvalue weighted by atomic mass is 32.2. The number of alkyl halides is 2. The van der Waals surface area contributed by atoms with E-state index in [9.17, 15) is 8.78 Å². The zero-order valence-electron chi connectivity index (χ0n) is 10.0. The van der Waals surface area contributed by atoms with Crippen LogP contribution < -0.4 is 0 Å². The average molecular weight is 273 g/mol. The third kappa shape index (κ3) is 2.94. The van der Waals surface area contributed by atoms with Crippen molar-refractivity contribution in [2.45, 2.75) is 11.5 Å². The molecular formula is C10H13F2N5S. The Balaban J connectivity index is 2.17. The van der Waals surface area contributed by atoms with E-state index in [4.69, 9.17) is 0 Å². The lowest BCUT2D eigenvalue weighted by molar-refractivity contribution is 0.137. The molecule has 0 amide bonds. The number of rotatable bonds is 5. The highest BCUT2D eigenvalue weighted by molar-refractivity contribution is 7.99. The summed E-state index contributed by atoms with van der Waals surface area (Å²) in [7, 11) is 3.96. The summed E-state index contributed by atoms with van der Waals surface area (Å²) in [5.41, 5.74) is 0.335. The van der Waals surface area contributed by atoms with Crippen molar-refractivity contribution in [3.63, 3.8) is 0 Å². The number of hydrogen-bond acceptors (Lipinski definition) is 5. The van der Waals surface area contributed by atoms with Gasteiger partial charge < -0.3 is 4.90 Å². The molecule has 0 N–H and O–H groups in total. The monoisotopic (exact) mass is 273 g/mol. The third-order valence-corrected chi connectivity index (χ3v) is 3.15. The Labute approximate surface area is 107 Å². The molecule has 2 rings (SSSR count). The minimum Gasteiger partial charge on any atom is -0.309 e. The molecule has 0 aliphatic rings. The normalized spacial score (nSPS) is 11.9. The van der Waals surface area contributed by atoms with Gasteiger partial charge in [-0.15, -0.1) is 22.0 Å². The quantitative estimate of drug-likeness (QED) is 0.776. The Morgan fingerprint density at radius 2 is 2.11 bits per heavy atom. The molecule has 0 unspecified atom stereocenters. The minimum atomic E-state index is -2.67. The van der Waals surface area contributed by atoms with Crippen molar-refractivity contribution in [2.24, 2.45) is 0 Å². The Morgan fingerprint density at radius 3 is 2.78 bits per heavy atom. The second-order valence-corrected chi connectivity index (χ2v) is 5.07. The fraction of sp³-hybridized carbons (Fsp3) is 0.500. The van der Waals surface area contributed by atoms with Gasteiger partial charge in [-0.25, -0.2) is 8.78 Å². The van der Waals surface area contributed by atoms with Gasteiger partial charge in [0.05, 0.1) is 0 Å². The molecular weight excluding hydrogens is 260 g/mol. The molecule has 0 radical (unpaired) electrons. The van der Waals surface area contributed by atoms with Crippen molar-refractivity contribution in [2.75, 3.05) is 26.4 Å². The maximum absolute atomic E-state index is 12.6. The number of fused-ring (bicyclic) bond motifs is 1. The van der Waals surface area contributed by atoms with Crippen LogP contribution in [0.25, 0.3) is 5.65 Å². The zero-order chi connectivity index (χ0) is 13.1. The number of hydrogen-bond donors (Lipinski definition) is 0. The second kappa shape index (κ2) is 5.57. The van der Waals surface area contributed by atoms with E-state index >= 15 is 0 Å². The molecule has 2 aromatic rings. The van der Waals surface area contributed by atoms with Crippen molar-refractivity contribution in [3.8, 4) is 0 Å². The van der Waals surface area contributed by atoms with Gasteiger partial charge in [-0.3, -0.25) is 0 Å². The molecule has 5 nitrogen and oxygen atoms in total. The molecule has 8 heteroatoms. The second-order valence-electron chi connectivity index (χ2n) is 3.95. The molecule has 0 saturated heterocycles. The van der Waals surface area contributed by atoms with Crippen LogP contribution in [0, 0.1) is 0 Å². The van der Waals surface area contributed by atoms with E-state index in [-0.39, 0.29) is 0 Å². The summed E-state index contributed by atoms with van der Waals surface area (Å²) >= 11 is 1.51. The lowest BCUT2D eigenvalue weighted by Gasteiger charge is -2.08. The van der Waals surface area contributed by atoms with Gasteiger partial charge in [-0.1, -0.05) is 0 Å². The van der Waals surface area contributed by atoms with Crippen molar-refractivity contribution < 1.29 is 8.78 Å². The van der Waals surface area contributed by atoms with E-state index < -0.39 is 12.2 Å². The topological polar surface area (TPSA) is 46.3 Å². The first-order valence-corrected chi connectivity index (χ1v) is 6.34. The maximum atomic E-state index is 12.6. The van der Waals surface area contributed by atoms with Crippen molar-refractivity contribution >= 4 is 17.4 Å². The van der Waals surface area contributed by atoms with Crippen LogP contribution in [-0.4, -0.2) is 51.1 Å². The molecule has 0 aliphatic carbocycles. The molecule has 0 spiro atoms. The predicted octanol–water partition coefficient (Wildman–Crippen LogP) is 1.72. The van der Waals surface area contributed by atoms with E-state index in [1.54, 1.807) is 12.1 Å². The summed E-state index contributed by atoms with van der Waals surface area (Å²) < 4.78 is 26.4. The highest BCUT2D eigenvalue weighted by Crippen LogP contribution is 2.19. The van der Waals surface area contributed by atoms with E-state index in [0.29, 0.717) is 10.7 Å². The van der Waals surface area contributed by atoms with Crippen LogP contribution in [0.5, 0.6) is 0 Å². The van der Waals surface area contributed by atoms with Gasteiger partial charge >= 0.3 is 0 Å². The predicted molar refractivity (Wildman–Crippen MR) is 65.0 cm³/mol. The molecule has 0 aliphatic heterocycles. The van der Waals surface area contributed by atoms with Gasteiger partial charge in [0.2, 0.25) is 5.82 Å². The van der Waals surface area contributed by atoms with Crippen LogP contribution in [0.3, 0.4) is 0 Å². The largest absolute Gasteiger partial charge is 0.309 e. The number of aromatic nitrogens is 4. The van der Waals surface area contributed by atoms with Crippen LogP contribution in [-0.2, 0) is 0 Å². The van der Waals surface area contributed by atoms with E-state index in [2.05, 4.69) is 20.2 Å². The maximum Gasteiger partial charge on any atom is 0.299 e. The number of nitrogens with zero attached hydrogens (tertiary/aromatic N) is 5. The smallest absolute Gasteiger partial charge is 0.299 e. The minimum absolute atomic E-state index is 0.335. The van der Waals surface area contributed by atoms with E-state index in [0.717, 1.165) is 16.8 Å². The van der Waals surface area contributed by atoms with Gasteiger partial charge in [-0.05, 0) is 26.2 Å². The highest BCUT2D eigenvalue weighted by Gasteiger charge is 2.16. The molecule has 0 fully saturated rings. The Bertz CT molecular complexity index is 528. The Kier molecular flexibility index (Phi) is 4.07. The SMILES string of the molecule is CN(C)CCSc1ccc2nnc(C(F)F)n2n1. The van der Waals surface area contributed by atoms with Gasteiger partial charge in [0.1, 0.15) is 5.03 Å². The average Bonchev–Trinajstić information content (AvgIpc) is 2.71. The Morgan fingerprint density at radius 1 is 1.33 bits per heavy atom. The molecule has 98 valence electrons. The lowest BCUT2D eigenvalue weighted by atomic mass is 10.5. The first kappa shape index (κ1) is 13.2. The molecule has 18 heavy (non-hydrogen) atoms. The van der Waals surface area contributed by atoms with E-state index in [1.807, 2.05) is 14.1 Å². The first-order chi connectivity index (χ1) is 8.58. The fourth-order valence-corrected chi connectivity index (χ4v) is 2.30. The van der Waals surface area contributed by atoms with Gasteiger partial charge in [0.25, 0.3) is 6.43 Å². The molecule has 0 atom stereocenters. The summed E-state index contributed by atoms with van der Waals surface area (Å²) in [6.07, 6.45) is -2.67. The summed E-state index contributed by atoms with van der Waals surface area (Å²) in [6.45, 7) is 0.897. The number of thioether (sulfide) groups is 1. The molecule has 2 aromatic heterocycles. The van der Waals surface area contributed by atoms with Crippen LogP contribution in [0.4, 0.5) is 8.78 Å². The van der Waals surface area contributed by atoms with Gasteiger partial charge in [0, 0.05) is 12.3 Å². The van der Waals surface area contributed by atoms with Gasteiger partial charge in [0.15, 0.2) is 5.65 Å². The first-order valence-electron chi connectivity index (χ1n) is 5.36.